The summed E-state index contributed by atoms with van der Waals surface area (Å²) in [6.45, 7) is 2.97. The molecule has 1 fully saturated rings. The number of hydrazine groups is 1. The minimum Gasteiger partial charge on any atom is -0.463 e. The summed E-state index contributed by atoms with van der Waals surface area (Å²) in [5.41, 5.74) is 5.79. The molecule has 1 aliphatic heterocycles. The number of hydrogen-bond acceptors (Lipinski definition) is 4. The molecule has 13 heavy (non-hydrogen) atoms. The number of halogens is 1. The van der Waals surface area contributed by atoms with Crippen LogP contribution < -0.4 is 10.9 Å². The van der Waals surface area contributed by atoms with Crippen molar-refractivity contribution in [1.29, 1.82) is 0 Å². The molecule has 5 heteroatoms. The van der Waals surface area contributed by atoms with Gasteiger partial charge in [0.05, 0.1) is 5.38 Å². The maximum Gasteiger partial charge on any atom is 0.324 e. The van der Waals surface area contributed by atoms with Crippen LogP contribution in [0.1, 0.15) is 19.8 Å². The number of carbonyl (C=O) groups excluding carboxylic acids is 1. The number of ether oxygens (including phenoxy) is 1. The second kappa shape index (κ2) is 5.42. The minimum absolute atomic E-state index is 0.125. The highest BCUT2D eigenvalue weighted by atomic mass is 35.5. The Bertz CT molecular complexity index is 170. The molecule has 0 amide bonds. The average molecular weight is 207 g/mol. The van der Waals surface area contributed by atoms with Gasteiger partial charge in [-0.2, -0.15) is 0 Å². The smallest absolute Gasteiger partial charge is 0.324 e. The number of nitrogens with one attached hydrogen (secondary N) is 2. The minimum atomic E-state index is -0.222. The zero-order valence-electron chi connectivity index (χ0n) is 7.68. The van der Waals surface area contributed by atoms with Crippen LogP contribution in [-0.2, 0) is 9.53 Å². The summed E-state index contributed by atoms with van der Waals surface area (Å²) in [5.74, 6) is -0.222. The molecule has 2 N–H and O–H groups in total. The zero-order chi connectivity index (χ0) is 9.68. The highest BCUT2D eigenvalue weighted by Crippen LogP contribution is 2.03. The molecule has 1 saturated heterocycles. The monoisotopic (exact) mass is 206 g/mol. The van der Waals surface area contributed by atoms with E-state index >= 15 is 0 Å². The molecule has 4 nitrogen and oxygen atoms in total. The van der Waals surface area contributed by atoms with Gasteiger partial charge in [-0.25, -0.2) is 5.43 Å². The molecule has 0 saturated carbocycles. The van der Waals surface area contributed by atoms with Crippen LogP contribution in [0.3, 0.4) is 0 Å². The van der Waals surface area contributed by atoms with E-state index in [1.165, 1.54) is 0 Å². The van der Waals surface area contributed by atoms with E-state index in [-0.39, 0.29) is 24.0 Å². The summed E-state index contributed by atoms with van der Waals surface area (Å²) < 4.78 is 4.97. The van der Waals surface area contributed by atoms with Crippen molar-refractivity contribution in [3.05, 3.63) is 0 Å². The van der Waals surface area contributed by atoms with Gasteiger partial charge in [-0.05, 0) is 19.8 Å². The van der Waals surface area contributed by atoms with E-state index in [1.54, 1.807) is 6.92 Å². The maximum atomic E-state index is 11.3. The first kappa shape index (κ1) is 10.8. The Morgan fingerprint density at radius 1 is 1.77 bits per heavy atom. The van der Waals surface area contributed by atoms with Crippen molar-refractivity contribution < 1.29 is 9.53 Å². The van der Waals surface area contributed by atoms with Crippen LogP contribution >= 0.6 is 11.6 Å². The Balaban J connectivity index is 2.21. The number of carbonyl (C=O) groups is 1. The summed E-state index contributed by atoms with van der Waals surface area (Å²) in [6, 6.07) is -0.218. The van der Waals surface area contributed by atoms with Crippen molar-refractivity contribution in [2.75, 3.05) is 13.2 Å². The normalized spacial score (nSPS) is 25.2. The molecule has 1 rings (SSSR count). The molecular formula is C8H15ClN2O2. The molecule has 0 bridgehead atoms. The lowest BCUT2D eigenvalue weighted by molar-refractivity contribution is -0.147. The van der Waals surface area contributed by atoms with Crippen molar-refractivity contribution >= 4 is 17.6 Å². The lowest BCUT2D eigenvalue weighted by atomic mass is 10.1. The number of esters is 1. The zero-order valence-corrected chi connectivity index (χ0v) is 8.43. The number of hydrogen-bond donors (Lipinski definition) is 2. The van der Waals surface area contributed by atoms with Crippen molar-refractivity contribution in [1.82, 2.24) is 10.9 Å². The van der Waals surface area contributed by atoms with Crippen LogP contribution in [0, 0.1) is 0 Å². The largest absolute Gasteiger partial charge is 0.463 e. The molecule has 76 valence electrons. The van der Waals surface area contributed by atoms with E-state index in [9.17, 15) is 4.79 Å². The molecular weight excluding hydrogens is 192 g/mol. The molecule has 1 aliphatic rings. The third kappa shape index (κ3) is 3.93. The van der Waals surface area contributed by atoms with Crippen molar-refractivity contribution in [2.45, 2.75) is 31.2 Å². The fourth-order valence-electron chi connectivity index (χ4n) is 1.14. The molecule has 0 aromatic heterocycles. The van der Waals surface area contributed by atoms with Crippen LogP contribution in [0.25, 0.3) is 0 Å². The molecule has 0 spiro atoms. The van der Waals surface area contributed by atoms with Gasteiger partial charge in [0.1, 0.15) is 12.6 Å². The van der Waals surface area contributed by atoms with Crippen LogP contribution in [-0.4, -0.2) is 30.5 Å². The Morgan fingerprint density at radius 2 is 2.54 bits per heavy atom. The first-order valence-corrected chi connectivity index (χ1v) is 4.93. The molecule has 0 aromatic rings. The summed E-state index contributed by atoms with van der Waals surface area (Å²) in [4.78, 5) is 11.3. The van der Waals surface area contributed by atoms with E-state index in [2.05, 4.69) is 10.9 Å². The van der Waals surface area contributed by atoms with E-state index < -0.39 is 0 Å². The second-order valence-corrected chi connectivity index (χ2v) is 3.92. The Morgan fingerprint density at radius 3 is 3.08 bits per heavy atom. The predicted molar refractivity (Wildman–Crippen MR) is 50.4 cm³/mol. The average Bonchev–Trinajstić information content (AvgIpc) is 2.15. The van der Waals surface area contributed by atoms with E-state index in [0.717, 1.165) is 19.4 Å². The Labute approximate surface area is 82.9 Å². The van der Waals surface area contributed by atoms with Crippen molar-refractivity contribution in [3.8, 4) is 0 Å². The second-order valence-electron chi connectivity index (χ2n) is 3.18. The van der Waals surface area contributed by atoms with E-state index in [1.807, 2.05) is 0 Å². The van der Waals surface area contributed by atoms with Gasteiger partial charge >= 0.3 is 5.97 Å². The summed E-state index contributed by atoms with van der Waals surface area (Å²) in [7, 11) is 0. The molecule has 0 radical (unpaired) electrons. The summed E-state index contributed by atoms with van der Waals surface area (Å²) in [5, 5.41) is -0.125. The van der Waals surface area contributed by atoms with Gasteiger partial charge in [0.15, 0.2) is 0 Å². The molecule has 2 unspecified atom stereocenters. The quantitative estimate of drug-likeness (QED) is 0.519. The topological polar surface area (TPSA) is 50.4 Å². The van der Waals surface area contributed by atoms with Gasteiger partial charge < -0.3 is 4.74 Å². The van der Waals surface area contributed by atoms with Crippen molar-refractivity contribution in [3.63, 3.8) is 0 Å². The fraction of sp³-hybridized carbons (Fsp3) is 0.875. The van der Waals surface area contributed by atoms with Gasteiger partial charge in [-0.1, -0.05) is 0 Å². The SMILES string of the molecule is CC(Cl)COC(=O)C1CCCNN1. The highest BCUT2D eigenvalue weighted by Gasteiger charge is 2.21. The molecule has 0 aromatic carbocycles. The maximum absolute atomic E-state index is 11.3. The van der Waals surface area contributed by atoms with Crippen LogP contribution in [0.2, 0.25) is 0 Å². The summed E-state index contributed by atoms with van der Waals surface area (Å²) in [6.07, 6.45) is 1.81. The third-order valence-corrected chi connectivity index (χ3v) is 1.94. The number of alkyl halides is 1. The molecule has 1 heterocycles. The fourth-order valence-corrected chi connectivity index (χ4v) is 1.20. The van der Waals surface area contributed by atoms with Gasteiger partial charge in [0, 0.05) is 6.54 Å². The van der Waals surface area contributed by atoms with Gasteiger partial charge in [0.25, 0.3) is 0 Å². The third-order valence-electron chi connectivity index (χ3n) is 1.81. The lowest BCUT2D eigenvalue weighted by Gasteiger charge is -2.22. The Kier molecular flexibility index (Phi) is 4.48. The van der Waals surface area contributed by atoms with Crippen LogP contribution in [0.15, 0.2) is 0 Å². The lowest BCUT2D eigenvalue weighted by Crippen LogP contribution is -2.50. The Hall–Kier alpha value is -0.320. The van der Waals surface area contributed by atoms with Gasteiger partial charge in [-0.15, -0.1) is 11.6 Å². The van der Waals surface area contributed by atoms with Crippen molar-refractivity contribution in [2.24, 2.45) is 0 Å². The molecule has 2 atom stereocenters. The highest BCUT2D eigenvalue weighted by molar-refractivity contribution is 6.20. The van der Waals surface area contributed by atoms with E-state index in [4.69, 9.17) is 16.3 Å². The van der Waals surface area contributed by atoms with Crippen LogP contribution in [0.4, 0.5) is 0 Å². The van der Waals surface area contributed by atoms with E-state index in [0.29, 0.717) is 0 Å². The predicted octanol–water partition coefficient (Wildman–Crippen LogP) is 0.413. The number of rotatable bonds is 3. The van der Waals surface area contributed by atoms with Crippen LogP contribution in [0.5, 0.6) is 0 Å². The first-order valence-electron chi connectivity index (χ1n) is 4.49. The first-order chi connectivity index (χ1) is 6.20. The standard InChI is InChI=1S/C8H15ClN2O2/c1-6(9)5-13-8(12)7-3-2-4-10-11-7/h6-7,10-11H,2-5H2,1H3. The summed E-state index contributed by atoms with van der Waals surface area (Å²) >= 11 is 5.65. The van der Waals surface area contributed by atoms with Gasteiger partial charge in [0.2, 0.25) is 0 Å². The molecule has 0 aliphatic carbocycles. The van der Waals surface area contributed by atoms with Gasteiger partial charge in [-0.3, -0.25) is 10.2 Å².